The summed E-state index contributed by atoms with van der Waals surface area (Å²) >= 11 is 0. The molecule has 0 amide bonds. The van der Waals surface area contributed by atoms with E-state index in [1.807, 2.05) is 0 Å². The number of esters is 1. The van der Waals surface area contributed by atoms with Gasteiger partial charge in [0, 0.05) is 4.91 Å². The van der Waals surface area contributed by atoms with Crippen LogP contribution in [0.5, 0.6) is 0 Å². The lowest BCUT2D eigenvalue weighted by Gasteiger charge is -2.03. The monoisotopic (exact) mass is 231 g/mol. The molecule has 1 N–H and O–H groups in total. The maximum absolute atomic E-state index is 11.6. The molecule has 0 aliphatic rings. The Kier molecular flexibility index (Phi) is 5.11. The van der Waals surface area contributed by atoms with Crippen molar-refractivity contribution in [3.63, 3.8) is 0 Å². The summed E-state index contributed by atoms with van der Waals surface area (Å²) in [5, 5.41) is 11.8. The van der Waals surface area contributed by atoms with Gasteiger partial charge >= 0.3 is 5.97 Å². The molecular weight excluding hydrogens is 222 g/mol. The highest BCUT2D eigenvalue weighted by Gasteiger charge is 2.10. The Morgan fingerprint density at radius 2 is 2.24 bits per heavy atom. The number of benzene rings is 1. The van der Waals surface area contributed by atoms with Crippen LogP contribution in [0.2, 0.25) is 0 Å². The van der Waals surface area contributed by atoms with Gasteiger partial charge in [0.15, 0.2) is 6.61 Å². The van der Waals surface area contributed by atoms with Gasteiger partial charge in [-0.15, -0.1) is 0 Å². The predicted molar refractivity (Wildman–Crippen MR) is 60.4 cm³/mol. The minimum atomic E-state index is -0.625. The van der Waals surface area contributed by atoms with Crippen molar-refractivity contribution in [2.75, 3.05) is 13.2 Å². The molecule has 0 aliphatic carbocycles. The smallest absolute Gasteiger partial charge is 0.339 e. The number of ether oxygens (including phenoxy) is 1. The number of aliphatic hydroxyl groups excluding tert-OH is 1. The molecule has 1 rings (SSSR count). The van der Waals surface area contributed by atoms with Crippen LogP contribution in [-0.4, -0.2) is 24.3 Å². The summed E-state index contributed by atoms with van der Waals surface area (Å²) in [5.74, 6) is 4.16. The molecule has 0 spiro atoms. The zero-order valence-corrected chi connectivity index (χ0v) is 8.83. The van der Waals surface area contributed by atoms with Gasteiger partial charge in [-0.25, -0.2) is 4.79 Å². The Labute approximate surface area is 97.5 Å². The maximum atomic E-state index is 11.6. The molecule has 6 nitrogen and oxygen atoms in total. The van der Waals surface area contributed by atoms with Gasteiger partial charge in [-0.3, -0.25) is 0 Å². The highest BCUT2D eigenvalue weighted by atomic mass is 16.5. The Hall–Kier alpha value is -2.48. The number of aliphatic hydroxyl groups is 1. The number of carbonyl (C=O) groups is 1. The van der Waals surface area contributed by atoms with Crippen LogP contribution in [0.4, 0.5) is 5.69 Å². The van der Waals surface area contributed by atoms with E-state index >= 15 is 0 Å². The fourth-order valence-electron chi connectivity index (χ4n) is 1.07. The molecule has 0 unspecified atom stereocenters. The van der Waals surface area contributed by atoms with Gasteiger partial charge in [0.05, 0.1) is 11.3 Å². The molecule has 0 fully saturated rings. The average molecular weight is 231 g/mol. The van der Waals surface area contributed by atoms with Crippen LogP contribution in [0.15, 0.2) is 29.4 Å². The Morgan fingerprint density at radius 3 is 2.94 bits per heavy atom. The molecule has 0 heterocycles. The zero-order chi connectivity index (χ0) is 12.5. The van der Waals surface area contributed by atoms with E-state index in [0.29, 0.717) is 0 Å². The number of hydrogen-bond donors (Lipinski definition) is 1. The number of carbonyl (C=O) groups excluding carboxylic acids is 1. The first-order valence-corrected chi connectivity index (χ1v) is 4.67. The van der Waals surface area contributed by atoms with Crippen molar-refractivity contribution in [3.05, 3.63) is 40.3 Å². The van der Waals surface area contributed by atoms with Crippen molar-refractivity contribution in [2.45, 2.75) is 0 Å². The highest BCUT2D eigenvalue weighted by molar-refractivity contribution is 5.94. The number of nitrogens with zero attached hydrogens (tertiary/aromatic N) is 3. The van der Waals surface area contributed by atoms with Gasteiger partial charge in [0.1, 0.15) is 6.61 Å². The third kappa shape index (κ3) is 3.87. The van der Waals surface area contributed by atoms with Crippen LogP contribution in [0.3, 0.4) is 0 Å². The van der Waals surface area contributed by atoms with E-state index in [0.717, 1.165) is 0 Å². The molecule has 0 radical (unpaired) electrons. The van der Waals surface area contributed by atoms with Gasteiger partial charge in [0.25, 0.3) is 0 Å². The van der Waals surface area contributed by atoms with Crippen molar-refractivity contribution in [1.82, 2.24) is 0 Å². The van der Waals surface area contributed by atoms with E-state index in [4.69, 9.17) is 15.4 Å². The summed E-state index contributed by atoms with van der Waals surface area (Å²) in [6.07, 6.45) is 0. The summed E-state index contributed by atoms with van der Waals surface area (Å²) in [5.41, 5.74) is 8.71. The Balaban J connectivity index is 2.78. The third-order valence-electron chi connectivity index (χ3n) is 1.76. The van der Waals surface area contributed by atoms with E-state index in [2.05, 4.69) is 21.9 Å². The van der Waals surface area contributed by atoms with E-state index in [1.54, 1.807) is 12.1 Å². The summed E-state index contributed by atoms with van der Waals surface area (Å²) < 4.78 is 4.81. The number of azide groups is 1. The molecule has 0 aliphatic heterocycles. The summed E-state index contributed by atoms with van der Waals surface area (Å²) in [6, 6.07) is 6.28. The summed E-state index contributed by atoms with van der Waals surface area (Å²) in [4.78, 5) is 14.2. The molecule has 1 aromatic carbocycles. The van der Waals surface area contributed by atoms with Gasteiger partial charge in [-0.2, -0.15) is 0 Å². The van der Waals surface area contributed by atoms with E-state index in [9.17, 15) is 4.79 Å². The topological polar surface area (TPSA) is 95.3 Å². The SMILES string of the molecule is [N-]=[N+]=Nc1ccccc1C(=O)OCC#CCO. The second-order valence-electron chi connectivity index (χ2n) is 2.79. The van der Waals surface area contributed by atoms with E-state index in [-0.39, 0.29) is 24.5 Å². The first-order valence-electron chi connectivity index (χ1n) is 4.67. The summed E-state index contributed by atoms with van der Waals surface area (Å²) in [6.45, 7) is -0.406. The van der Waals surface area contributed by atoms with Gasteiger partial charge in [-0.05, 0) is 11.6 Å². The molecule has 17 heavy (non-hydrogen) atoms. The molecule has 0 saturated heterocycles. The molecular formula is C11H9N3O3. The molecule has 86 valence electrons. The van der Waals surface area contributed by atoms with Gasteiger partial charge in [-0.1, -0.05) is 35.2 Å². The highest BCUT2D eigenvalue weighted by Crippen LogP contribution is 2.19. The minimum Gasteiger partial charge on any atom is -0.449 e. The molecule has 0 bridgehead atoms. The fraction of sp³-hybridized carbons (Fsp3) is 0.182. The van der Waals surface area contributed by atoms with E-state index in [1.165, 1.54) is 12.1 Å². The first kappa shape index (κ1) is 12.6. The summed E-state index contributed by atoms with van der Waals surface area (Å²) in [7, 11) is 0. The third-order valence-corrected chi connectivity index (χ3v) is 1.76. The lowest BCUT2D eigenvalue weighted by Crippen LogP contribution is -2.05. The second kappa shape index (κ2) is 6.90. The van der Waals surface area contributed by atoms with Crippen LogP contribution in [-0.2, 0) is 4.74 Å². The number of rotatable bonds is 3. The molecule has 1 aromatic rings. The normalized spacial score (nSPS) is 8.53. The van der Waals surface area contributed by atoms with Crippen molar-refractivity contribution in [1.29, 1.82) is 0 Å². The first-order chi connectivity index (χ1) is 8.29. The quantitative estimate of drug-likeness (QED) is 0.282. The average Bonchev–Trinajstić information content (AvgIpc) is 2.35. The lowest BCUT2D eigenvalue weighted by molar-refractivity contribution is 0.0557. The molecule has 0 saturated carbocycles. The zero-order valence-electron chi connectivity index (χ0n) is 8.83. The lowest BCUT2D eigenvalue weighted by atomic mass is 10.2. The minimum absolute atomic E-state index is 0.121. The number of hydrogen-bond acceptors (Lipinski definition) is 4. The van der Waals surface area contributed by atoms with Crippen LogP contribution < -0.4 is 0 Å². The molecule has 6 heteroatoms. The van der Waals surface area contributed by atoms with Crippen molar-refractivity contribution < 1.29 is 14.6 Å². The van der Waals surface area contributed by atoms with Crippen molar-refractivity contribution in [2.24, 2.45) is 5.11 Å². The maximum Gasteiger partial charge on any atom is 0.339 e. The van der Waals surface area contributed by atoms with Crippen LogP contribution in [0.1, 0.15) is 10.4 Å². The van der Waals surface area contributed by atoms with Gasteiger partial charge < -0.3 is 9.84 Å². The van der Waals surface area contributed by atoms with Crippen LogP contribution >= 0.6 is 0 Å². The van der Waals surface area contributed by atoms with E-state index < -0.39 is 5.97 Å². The largest absolute Gasteiger partial charge is 0.449 e. The van der Waals surface area contributed by atoms with Crippen LogP contribution in [0.25, 0.3) is 10.4 Å². The standard InChI is InChI=1S/C11H9N3O3/c12-14-13-10-6-2-1-5-9(10)11(16)17-8-4-3-7-15/h1-2,5-6,15H,7-8H2. The Bertz CT molecular complexity index is 510. The molecule has 0 aromatic heterocycles. The molecule has 0 atom stereocenters. The predicted octanol–water partition coefficient (Wildman–Crippen LogP) is 1.78. The van der Waals surface area contributed by atoms with Crippen molar-refractivity contribution >= 4 is 11.7 Å². The van der Waals surface area contributed by atoms with Crippen molar-refractivity contribution in [3.8, 4) is 11.8 Å². The van der Waals surface area contributed by atoms with Gasteiger partial charge in [0.2, 0.25) is 0 Å². The van der Waals surface area contributed by atoms with Crippen LogP contribution in [0, 0.1) is 11.8 Å². The fourth-order valence-corrected chi connectivity index (χ4v) is 1.07. The Morgan fingerprint density at radius 1 is 1.47 bits per heavy atom. The second-order valence-corrected chi connectivity index (χ2v) is 2.79.